The molecule has 0 saturated carbocycles. The number of hydrogen-bond acceptors (Lipinski definition) is 4. The Labute approximate surface area is 171 Å². The van der Waals surface area contributed by atoms with Crippen molar-refractivity contribution in [2.24, 2.45) is 7.05 Å². The summed E-state index contributed by atoms with van der Waals surface area (Å²) in [6.45, 7) is 3.99. The second-order valence-corrected chi connectivity index (χ2v) is 8.44. The lowest BCUT2D eigenvalue weighted by molar-refractivity contribution is -0.122. The molecule has 2 atom stereocenters. The van der Waals surface area contributed by atoms with E-state index in [2.05, 4.69) is 32.7 Å². The van der Waals surface area contributed by atoms with Gasteiger partial charge in [0.1, 0.15) is 0 Å². The predicted octanol–water partition coefficient (Wildman–Crippen LogP) is 2.41. The second-order valence-electron chi connectivity index (χ2n) is 8.44. The van der Waals surface area contributed by atoms with Crippen LogP contribution in [-0.4, -0.2) is 44.9 Å². The molecule has 3 heterocycles. The van der Waals surface area contributed by atoms with E-state index in [9.17, 15) is 9.59 Å². The number of aryl methyl sites for hydroxylation is 1. The van der Waals surface area contributed by atoms with Crippen LogP contribution in [0.4, 0.5) is 5.69 Å². The standard InChI is InChI=1S/C22H29N5O2/c1-16(28)24-18-7-5-6-17(10-18)20-13-27(12-19-11-23-15-26(19)2)14-22(20)9-4-3-8-21(29)25-22/h5-7,10-11,15,20H,3-4,8-9,12-14H2,1-2H3,(H,24,28)(H,25,29)/t20-,22+/m0/s1. The van der Waals surface area contributed by atoms with Crippen molar-refractivity contribution >= 4 is 17.5 Å². The summed E-state index contributed by atoms with van der Waals surface area (Å²) in [5, 5.41) is 6.28. The average molecular weight is 396 g/mol. The van der Waals surface area contributed by atoms with Crippen LogP contribution in [-0.2, 0) is 23.2 Å². The first-order chi connectivity index (χ1) is 13.9. The molecule has 7 heteroatoms. The lowest BCUT2D eigenvalue weighted by atomic mass is 9.79. The quantitative estimate of drug-likeness (QED) is 0.833. The zero-order chi connectivity index (χ0) is 20.4. The summed E-state index contributed by atoms with van der Waals surface area (Å²) in [6, 6.07) is 8.06. The first kappa shape index (κ1) is 19.6. The van der Waals surface area contributed by atoms with E-state index in [4.69, 9.17) is 0 Å². The maximum atomic E-state index is 12.5. The number of carbonyl (C=O) groups excluding carboxylic acids is 2. The monoisotopic (exact) mass is 395 g/mol. The van der Waals surface area contributed by atoms with Gasteiger partial charge in [0.05, 0.1) is 17.6 Å². The van der Waals surface area contributed by atoms with Crippen molar-refractivity contribution in [3.8, 4) is 0 Å². The Morgan fingerprint density at radius 2 is 2.24 bits per heavy atom. The fourth-order valence-electron chi connectivity index (χ4n) is 4.86. The largest absolute Gasteiger partial charge is 0.349 e. The van der Waals surface area contributed by atoms with Gasteiger partial charge < -0.3 is 15.2 Å². The van der Waals surface area contributed by atoms with E-state index in [0.29, 0.717) is 6.42 Å². The van der Waals surface area contributed by atoms with Gasteiger partial charge in [-0.1, -0.05) is 18.6 Å². The molecule has 1 spiro atoms. The van der Waals surface area contributed by atoms with Crippen LogP contribution in [0.25, 0.3) is 0 Å². The highest BCUT2D eigenvalue weighted by molar-refractivity contribution is 5.88. The van der Waals surface area contributed by atoms with Crippen LogP contribution >= 0.6 is 0 Å². The van der Waals surface area contributed by atoms with Crippen LogP contribution in [0, 0.1) is 0 Å². The third kappa shape index (κ3) is 4.19. The van der Waals surface area contributed by atoms with Gasteiger partial charge >= 0.3 is 0 Å². The summed E-state index contributed by atoms with van der Waals surface area (Å²) >= 11 is 0. The van der Waals surface area contributed by atoms with Crippen LogP contribution in [0.1, 0.15) is 49.8 Å². The normalized spacial score (nSPS) is 25.0. The number of benzene rings is 1. The van der Waals surface area contributed by atoms with Gasteiger partial charge in [-0.2, -0.15) is 0 Å². The van der Waals surface area contributed by atoms with E-state index in [1.807, 2.05) is 36.3 Å². The Morgan fingerprint density at radius 3 is 3.00 bits per heavy atom. The van der Waals surface area contributed by atoms with Gasteiger partial charge in [-0.3, -0.25) is 14.5 Å². The zero-order valence-electron chi connectivity index (χ0n) is 17.1. The van der Waals surface area contributed by atoms with Gasteiger partial charge in [-0.05, 0) is 30.5 Å². The lowest BCUT2D eigenvalue weighted by Crippen LogP contribution is -2.52. The maximum absolute atomic E-state index is 12.5. The average Bonchev–Trinajstić information content (AvgIpc) is 3.16. The van der Waals surface area contributed by atoms with Crippen molar-refractivity contribution < 1.29 is 9.59 Å². The maximum Gasteiger partial charge on any atom is 0.221 e. The molecule has 7 nitrogen and oxygen atoms in total. The number of hydrogen-bond donors (Lipinski definition) is 2. The minimum Gasteiger partial charge on any atom is -0.349 e. The number of likely N-dealkylation sites (tertiary alicyclic amines) is 1. The number of imidazole rings is 1. The molecule has 0 unspecified atom stereocenters. The van der Waals surface area contributed by atoms with Crippen molar-refractivity contribution in [2.75, 3.05) is 18.4 Å². The third-order valence-electron chi connectivity index (χ3n) is 6.19. The fourth-order valence-corrected chi connectivity index (χ4v) is 4.86. The van der Waals surface area contributed by atoms with E-state index >= 15 is 0 Å². The Bertz CT molecular complexity index is 908. The highest BCUT2D eigenvalue weighted by atomic mass is 16.2. The minimum absolute atomic E-state index is 0.0797. The van der Waals surface area contributed by atoms with E-state index in [-0.39, 0.29) is 23.3 Å². The fraction of sp³-hybridized carbons (Fsp3) is 0.500. The molecule has 1 aromatic heterocycles. The summed E-state index contributed by atoms with van der Waals surface area (Å²) < 4.78 is 2.04. The number of anilines is 1. The van der Waals surface area contributed by atoms with E-state index in [0.717, 1.165) is 55.8 Å². The molecule has 2 saturated heterocycles. The van der Waals surface area contributed by atoms with Crippen molar-refractivity contribution in [1.82, 2.24) is 19.8 Å². The Hall–Kier alpha value is -2.67. The summed E-state index contributed by atoms with van der Waals surface area (Å²) in [5.74, 6) is 0.239. The van der Waals surface area contributed by atoms with Crippen LogP contribution in [0.2, 0.25) is 0 Å². The molecule has 2 aliphatic rings. The molecule has 2 aromatic rings. The zero-order valence-corrected chi connectivity index (χ0v) is 17.1. The van der Waals surface area contributed by atoms with Gasteiger partial charge in [-0.25, -0.2) is 4.98 Å². The predicted molar refractivity (Wildman–Crippen MR) is 111 cm³/mol. The molecule has 0 bridgehead atoms. The van der Waals surface area contributed by atoms with Gasteiger partial charge in [-0.15, -0.1) is 0 Å². The van der Waals surface area contributed by atoms with Crippen LogP contribution in [0.3, 0.4) is 0 Å². The van der Waals surface area contributed by atoms with Gasteiger partial charge in [0, 0.05) is 57.8 Å². The van der Waals surface area contributed by atoms with E-state index in [1.165, 1.54) is 6.92 Å². The molecule has 29 heavy (non-hydrogen) atoms. The van der Waals surface area contributed by atoms with Gasteiger partial charge in [0.15, 0.2) is 0 Å². The lowest BCUT2D eigenvalue weighted by Gasteiger charge is -2.35. The number of rotatable bonds is 4. The SMILES string of the molecule is CC(=O)Nc1cccc([C@@H]2CN(Cc3cncn3C)C[C@]23CCCCC(=O)N3)c1. The first-order valence-electron chi connectivity index (χ1n) is 10.3. The molecule has 1 aromatic carbocycles. The smallest absolute Gasteiger partial charge is 0.221 e. The summed E-state index contributed by atoms with van der Waals surface area (Å²) in [4.78, 5) is 30.7. The number of carbonyl (C=O) groups is 2. The summed E-state index contributed by atoms with van der Waals surface area (Å²) in [6.07, 6.45) is 7.28. The second kappa shape index (κ2) is 7.99. The van der Waals surface area contributed by atoms with Gasteiger partial charge in [0.2, 0.25) is 11.8 Å². The number of nitrogens with zero attached hydrogens (tertiary/aromatic N) is 3. The van der Waals surface area contributed by atoms with Crippen molar-refractivity contribution in [3.05, 3.63) is 48.0 Å². The summed E-state index contributed by atoms with van der Waals surface area (Å²) in [5.41, 5.74) is 2.84. The molecular formula is C22H29N5O2. The van der Waals surface area contributed by atoms with Crippen molar-refractivity contribution in [1.29, 1.82) is 0 Å². The highest BCUT2D eigenvalue weighted by Gasteiger charge is 2.48. The van der Waals surface area contributed by atoms with E-state index in [1.54, 1.807) is 0 Å². The Kier molecular flexibility index (Phi) is 5.41. The molecule has 2 amide bonds. The Balaban J connectivity index is 1.65. The number of aromatic nitrogens is 2. The van der Waals surface area contributed by atoms with Crippen molar-refractivity contribution in [3.63, 3.8) is 0 Å². The topological polar surface area (TPSA) is 79.3 Å². The molecular weight excluding hydrogens is 366 g/mol. The van der Waals surface area contributed by atoms with E-state index < -0.39 is 0 Å². The molecule has 2 aliphatic heterocycles. The molecule has 2 fully saturated rings. The highest BCUT2D eigenvalue weighted by Crippen LogP contribution is 2.42. The molecule has 2 N–H and O–H groups in total. The van der Waals surface area contributed by atoms with Crippen molar-refractivity contribution in [2.45, 2.75) is 50.6 Å². The molecule has 154 valence electrons. The van der Waals surface area contributed by atoms with Gasteiger partial charge in [0.25, 0.3) is 0 Å². The third-order valence-corrected chi connectivity index (χ3v) is 6.19. The van der Waals surface area contributed by atoms with Crippen LogP contribution in [0.15, 0.2) is 36.8 Å². The number of nitrogens with one attached hydrogen (secondary N) is 2. The molecule has 0 radical (unpaired) electrons. The van der Waals surface area contributed by atoms with Crippen LogP contribution < -0.4 is 10.6 Å². The first-order valence-corrected chi connectivity index (χ1v) is 10.3. The Morgan fingerprint density at radius 1 is 1.38 bits per heavy atom. The summed E-state index contributed by atoms with van der Waals surface area (Å²) in [7, 11) is 2.01. The number of amides is 2. The van der Waals surface area contributed by atoms with Crippen LogP contribution in [0.5, 0.6) is 0 Å². The minimum atomic E-state index is -0.277. The molecule has 0 aliphatic carbocycles. The molecule has 4 rings (SSSR count).